The van der Waals surface area contributed by atoms with Gasteiger partial charge < -0.3 is 19.2 Å². The number of amides is 1. The predicted octanol–water partition coefficient (Wildman–Crippen LogP) is 4.10. The number of furan rings is 1. The molecule has 1 amide bonds. The number of rotatable bonds is 7. The van der Waals surface area contributed by atoms with Crippen molar-refractivity contribution in [3.8, 4) is 5.75 Å². The average molecular weight is 409 g/mol. The number of carbonyl (C=O) groups is 2. The van der Waals surface area contributed by atoms with E-state index in [2.05, 4.69) is 5.32 Å². The highest BCUT2D eigenvalue weighted by Gasteiger charge is 2.51. The molecule has 0 aliphatic heterocycles. The number of carbonyl (C=O) groups excluding carboxylic acids is 2. The highest BCUT2D eigenvalue weighted by Crippen LogP contribution is 2.55. The number of hydrogen-bond acceptors (Lipinski definition) is 5. The van der Waals surface area contributed by atoms with Crippen LogP contribution >= 0.6 is 0 Å². The van der Waals surface area contributed by atoms with E-state index in [-0.39, 0.29) is 30.4 Å². The number of hydrogen-bond donors (Lipinski definition) is 1. The fourth-order valence-corrected chi connectivity index (χ4v) is 6.03. The predicted molar refractivity (Wildman–Crippen MR) is 109 cm³/mol. The molecule has 0 radical (unpaired) electrons. The fraction of sp³-hybridized carbons (Fsp3) is 0.500. The van der Waals surface area contributed by atoms with Gasteiger partial charge in [0.2, 0.25) is 5.76 Å². The van der Waals surface area contributed by atoms with Crippen LogP contribution < -0.4 is 10.1 Å². The van der Waals surface area contributed by atoms with Crippen molar-refractivity contribution in [2.45, 2.75) is 50.7 Å². The van der Waals surface area contributed by atoms with E-state index >= 15 is 0 Å². The van der Waals surface area contributed by atoms with E-state index in [0.717, 1.165) is 42.8 Å². The Morgan fingerprint density at radius 1 is 0.967 bits per heavy atom. The van der Waals surface area contributed by atoms with Crippen molar-refractivity contribution in [3.05, 3.63) is 54.0 Å². The third kappa shape index (κ3) is 4.09. The van der Waals surface area contributed by atoms with Gasteiger partial charge in [-0.25, -0.2) is 4.79 Å². The maximum Gasteiger partial charge on any atom is 0.374 e. The summed E-state index contributed by atoms with van der Waals surface area (Å²) in [5.41, 5.74) is -0.0785. The monoisotopic (exact) mass is 409 g/mol. The zero-order valence-corrected chi connectivity index (χ0v) is 17.0. The lowest BCUT2D eigenvalue weighted by molar-refractivity contribution is -0.130. The highest BCUT2D eigenvalue weighted by molar-refractivity contribution is 5.89. The van der Waals surface area contributed by atoms with Crippen LogP contribution in [0.15, 0.2) is 46.9 Å². The van der Waals surface area contributed by atoms with Crippen molar-refractivity contribution in [1.29, 1.82) is 0 Å². The second-order valence-electron chi connectivity index (χ2n) is 9.19. The van der Waals surface area contributed by atoms with E-state index in [9.17, 15) is 9.59 Å². The van der Waals surface area contributed by atoms with Gasteiger partial charge in [0.05, 0.1) is 0 Å². The Bertz CT molecular complexity index is 883. The molecule has 1 N–H and O–H groups in total. The van der Waals surface area contributed by atoms with Crippen LogP contribution in [-0.4, -0.2) is 24.0 Å². The SMILES string of the molecule is O=C(COC(=O)c1ccc(COc2ccccc2)o1)NC12CC3CC(CC(C3)C1)C2. The molecule has 0 spiro atoms. The molecule has 4 fully saturated rings. The third-order valence-corrected chi connectivity index (χ3v) is 6.76. The van der Waals surface area contributed by atoms with Gasteiger partial charge in [0.25, 0.3) is 5.91 Å². The van der Waals surface area contributed by atoms with Crippen molar-refractivity contribution >= 4 is 11.9 Å². The van der Waals surface area contributed by atoms with Crippen molar-refractivity contribution in [1.82, 2.24) is 5.32 Å². The van der Waals surface area contributed by atoms with Gasteiger partial charge >= 0.3 is 5.97 Å². The first-order chi connectivity index (χ1) is 14.6. The second kappa shape index (κ2) is 7.82. The van der Waals surface area contributed by atoms with Crippen LogP contribution in [0.2, 0.25) is 0 Å². The van der Waals surface area contributed by atoms with Gasteiger partial charge in [0.1, 0.15) is 18.1 Å². The Hall–Kier alpha value is -2.76. The molecule has 4 aliphatic carbocycles. The zero-order valence-electron chi connectivity index (χ0n) is 17.0. The van der Waals surface area contributed by atoms with Gasteiger partial charge in [-0.15, -0.1) is 0 Å². The summed E-state index contributed by atoms with van der Waals surface area (Å²) in [6.07, 6.45) is 7.17. The normalized spacial score (nSPS) is 28.9. The van der Waals surface area contributed by atoms with E-state index in [1.54, 1.807) is 12.1 Å². The van der Waals surface area contributed by atoms with Gasteiger partial charge in [-0.2, -0.15) is 0 Å². The number of para-hydroxylation sites is 1. The van der Waals surface area contributed by atoms with Crippen LogP contribution in [0.3, 0.4) is 0 Å². The van der Waals surface area contributed by atoms with E-state index in [0.29, 0.717) is 5.76 Å². The van der Waals surface area contributed by atoms with Crippen LogP contribution in [-0.2, 0) is 16.1 Å². The third-order valence-electron chi connectivity index (χ3n) is 6.76. The Morgan fingerprint density at radius 2 is 1.63 bits per heavy atom. The number of benzene rings is 1. The Kier molecular flexibility index (Phi) is 5.01. The Morgan fingerprint density at radius 3 is 2.30 bits per heavy atom. The molecule has 2 aromatic rings. The standard InChI is InChI=1S/C24H27NO5/c26-22(25-24-11-16-8-17(12-24)10-18(9-16)13-24)15-29-23(27)21-7-6-20(30-21)14-28-19-4-2-1-3-5-19/h1-7,16-18H,8-15H2,(H,25,26). The van der Waals surface area contributed by atoms with E-state index in [1.807, 2.05) is 30.3 Å². The average Bonchev–Trinajstić information content (AvgIpc) is 3.19. The van der Waals surface area contributed by atoms with Crippen molar-refractivity contribution in [2.24, 2.45) is 17.8 Å². The molecule has 4 bridgehead atoms. The fourth-order valence-electron chi connectivity index (χ4n) is 6.03. The lowest BCUT2D eigenvalue weighted by Gasteiger charge is -2.56. The second-order valence-corrected chi connectivity index (χ2v) is 9.19. The maximum atomic E-state index is 12.5. The van der Waals surface area contributed by atoms with Crippen LogP contribution in [0, 0.1) is 17.8 Å². The molecular weight excluding hydrogens is 382 g/mol. The van der Waals surface area contributed by atoms with Crippen LogP contribution in [0.5, 0.6) is 5.75 Å². The molecule has 6 nitrogen and oxygen atoms in total. The summed E-state index contributed by atoms with van der Waals surface area (Å²) in [6, 6.07) is 12.6. The Balaban J connectivity index is 1.10. The highest BCUT2D eigenvalue weighted by atomic mass is 16.6. The molecule has 30 heavy (non-hydrogen) atoms. The summed E-state index contributed by atoms with van der Waals surface area (Å²) >= 11 is 0. The van der Waals surface area contributed by atoms with Crippen LogP contribution in [0.4, 0.5) is 0 Å². The number of esters is 1. The van der Waals surface area contributed by atoms with Crippen LogP contribution in [0.1, 0.15) is 54.8 Å². The minimum absolute atomic E-state index is 0.0734. The lowest BCUT2D eigenvalue weighted by Crippen LogP contribution is -2.60. The van der Waals surface area contributed by atoms with E-state index in [1.165, 1.54) is 19.3 Å². The summed E-state index contributed by atoms with van der Waals surface area (Å²) in [5, 5.41) is 3.21. The van der Waals surface area contributed by atoms with Crippen molar-refractivity contribution in [3.63, 3.8) is 0 Å². The molecule has 6 heteroatoms. The van der Waals surface area contributed by atoms with Gasteiger partial charge in [-0.3, -0.25) is 4.79 Å². The summed E-state index contributed by atoms with van der Waals surface area (Å²) in [7, 11) is 0. The summed E-state index contributed by atoms with van der Waals surface area (Å²) in [4.78, 5) is 24.8. The smallest absolute Gasteiger partial charge is 0.374 e. The molecule has 0 atom stereocenters. The number of nitrogens with one attached hydrogen (secondary N) is 1. The summed E-state index contributed by atoms with van der Waals surface area (Å²) < 4.78 is 16.3. The minimum Gasteiger partial charge on any atom is -0.486 e. The zero-order chi connectivity index (χ0) is 20.6. The molecule has 0 saturated heterocycles. The molecule has 1 heterocycles. The molecule has 158 valence electrons. The first-order valence-corrected chi connectivity index (χ1v) is 10.8. The molecule has 0 unspecified atom stereocenters. The summed E-state index contributed by atoms with van der Waals surface area (Å²) in [6.45, 7) is -0.0685. The van der Waals surface area contributed by atoms with Gasteiger partial charge in [0, 0.05) is 5.54 Å². The Labute approximate surface area is 175 Å². The number of ether oxygens (including phenoxy) is 2. The largest absolute Gasteiger partial charge is 0.486 e. The molecule has 4 saturated carbocycles. The van der Waals surface area contributed by atoms with Crippen molar-refractivity contribution in [2.75, 3.05) is 6.61 Å². The molecule has 4 aliphatic rings. The van der Waals surface area contributed by atoms with Crippen molar-refractivity contribution < 1.29 is 23.5 Å². The maximum absolute atomic E-state index is 12.5. The topological polar surface area (TPSA) is 77.8 Å². The van der Waals surface area contributed by atoms with Gasteiger partial charge in [-0.1, -0.05) is 18.2 Å². The molecule has 6 rings (SSSR count). The van der Waals surface area contributed by atoms with Gasteiger partial charge in [-0.05, 0) is 80.5 Å². The summed E-state index contributed by atoms with van der Waals surface area (Å²) in [5.74, 6) is 2.70. The van der Waals surface area contributed by atoms with E-state index in [4.69, 9.17) is 13.9 Å². The minimum atomic E-state index is -0.637. The molecule has 1 aromatic carbocycles. The lowest BCUT2D eigenvalue weighted by atomic mass is 9.53. The van der Waals surface area contributed by atoms with E-state index < -0.39 is 5.97 Å². The first-order valence-electron chi connectivity index (χ1n) is 10.8. The quantitative estimate of drug-likeness (QED) is 0.697. The molecule has 1 aromatic heterocycles. The first kappa shape index (κ1) is 19.2. The molecular formula is C24H27NO5. The van der Waals surface area contributed by atoms with Gasteiger partial charge in [0.15, 0.2) is 6.61 Å². The van der Waals surface area contributed by atoms with Crippen LogP contribution in [0.25, 0.3) is 0 Å².